The Bertz CT molecular complexity index is 720. The Morgan fingerprint density at radius 3 is 3.19 bits per heavy atom. The maximum atomic E-state index is 12.0. The van der Waals surface area contributed by atoms with Crippen molar-refractivity contribution in [3.63, 3.8) is 0 Å². The van der Waals surface area contributed by atoms with Crippen molar-refractivity contribution in [3.05, 3.63) is 29.8 Å². The zero-order chi connectivity index (χ0) is 18.2. The lowest BCUT2D eigenvalue weighted by atomic mass is 10.2. The van der Waals surface area contributed by atoms with Crippen molar-refractivity contribution in [2.24, 2.45) is 0 Å². The van der Waals surface area contributed by atoms with E-state index in [4.69, 9.17) is 9.47 Å². The number of hydrogen-bond acceptors (Lipinski definition) is 8. The number of hydrogen-bond donors (Lipinski definition) is 2. The first-order chi connectivity index (χ1) is 12.7. The quantitative estimate of drug-likeness (QED) is 0.632. The number of methoxy groups -OCH3 is 1. The van der Waals surface area contributed by atoms with Crippen LogP contribution in [0.15, 0.2) is 28.6 Å². The number of anilines is 1. The molecule has 7 nitrogen and oxygen atoms in total. The van der Waals surface area contributed by atoms with Gasteiger partial charge in [-0.05, 0) is 30.5 Å². The molecule has 0 saturated carbocycles. The van der Waals surface area contributed by atoms with Crippen LogP contribution in [0.3, 0.4) is 0 Å². The highest BCUT2D eigenvalue weighted by atomic mass is 32.2. The minimum atomic E-state index is -0.0399. The van der Waals surface area contributed by atoms with E-state index in [0.717, 1.165) is 46.8 Å². The van der Waals surface area contributed by atoms with Gasteiger partial charge in [0.2, 0.25) is 11.0 Å². The number of thioether (sulfide) groups is 1. The summed E-state index contributed by atoms with van der Waals surface area (Å²) in [5.74, 6) is 1.05. The lowest BCUT2D eigenvalue weighted by molar-refractivity contribution is -0.118. The lowest BCUT2D eigenvalue weighted by Gasteiger charge is -2.08. The fourth-order valence-electron chi connectivity index (χ4n) is 2.51. The molecule has 1 aromatic heterocycles. The standard InChI is InChI=1S/C17H22N4O3S2/c1-23-13-5-2-4-12(8-13)9-18-15(22)11-25-17-21-20-16(26-17)19-10-14-6-3-7-24-14/h2,4-5,8,14H,3,6-7,9-11H2,1H3,(H,18,22)(H,19,20). The van der Waals surface area contributed by atoms with Crippen LogP contribution < -0.4 is 15.4 Å². The van der Waals surface area contributed by atoms with Gasteiger partial charge >= 0.3 is 0 Å². The van der Waals surface area contributed by atoms with Gasteiger partial charge in [0.25, 0.3) is 0 Å². The molecule has 1 atom stereocenters. The molecular formula is C17H22N4O3S2. The molecule has 0 bridgehead atoms. The van der Waals surface area contributed by atoms with Gasteiger partial charge in [-0.3, -0.25) is 4.79 Å². The largest absolute Gasteiger partial charge is 0.497 e. The monoisotopic (exact) mass is 394 g/mol. The molecule has 0 radical (unpaired) electrons. The predicted octanol–water partition coefficient (Wildman–Crippen LogP) is 2.55. The highest BCUT2D eigenvalue weighted by Gasteiger charge is 2.16. The van der Waals surface area contributed by atoms with Gasteiger partial charge in [0.05, 0.1) is 19.0 Å². The first-order valence-electron chi connectivity index (χ1n) is 8.44. The van der Waals surface area contributed by atoms with Gasteiger partial charge < -0.3 is 20.1 Å². The van der Waals surface area contributed by atoms with E-state index in [1.165, 1.54) is 23.1 Å². The summed E-state index contributed by atoms with van der Waals surface area (Å²) in [5, 5.41) is 15.1. The molecule has 0 aliphatic carbocycles. The molecule has 1 aromatic carbocycles. The van der Waals surface area contributed by atoms with Gasteiger partial charge in [0.15, 0.2) is 4.34 Å². The Balaban J connectivity index is 1.37. The molecule has 1 fully saturated rings. The molecule has 2 N–H and O–H groups in total. The molecule has 1 aliphatic rings. The molecule has 1 saturated heterocycles. The van der Waals surface area contributed by atoms with Gasteiger partial charge in [-0.2, -0.15) is 0 Å². The second-order valence-corrected chi connectivity index (χ2v) is 8.01. The summed E-state index contributed by atoms with van der Waals surface area (Å²) in [6.45, 7) is 2.07. The number of carbonyl (C=O) groups excluding carboxylic acids is 1. The predicted molar refractivity (Wildman–Crippen MR) is 103 cm³/mol. The number of aromatic nitrogens is 2. The SMILES string of the molecule is COc1cccc(CNC(=O)CSc2nnc(NCC3CCCO3)s2)c1. The Hall–Kier alpha value is -1.84. The smallest absolute Gasteiger partial charge is 0.230 e. The molecule has 3 rings (SSSR count). The number of carbonyl (C=O) groups is 1. The van der Waals surface area contributed by atoms with Gasteiger partial charge in [-0.15, -0.1) is 10.2 Å². The molecule has 9 heteroatoms. The van der Waals surface area contributed by atoms with Crippen molar-refractivity contribution in [1.29, 1.82) is 0 Å². The van der Waals surface area contributed by atoms with E-state index < -0.39 is 0 Å². The molecule has 2 heterocycles. The zero-order valence-corrected chi connectivity index (χ0v) is 16.2. The number of ether oxygens (including phenoxy) is 2. The number of benzene rings is 1. The fraction of sp³-hybridized carbons (Fsp3) is 0.471. The number of nitrogens with one attached hydrogen (secondary N) is 2. The van der Waals surface area contributed by atoms with Crippen molar-refractivity contribution in [2.75, 3.05) is 31.3 Å². The van der Waals surface area contributed by atoms with Crippen molar-refractivity contribution in [1.82, 2.24) is 15.5 Å². The number of nitrogens with zero attached hydrogens (tertiary/aromatic N) is 2. The van der Waals surface area contributed by atoms with Crippen LogP contribution in [0.25, 0.3) is 0 Å². The molecule has 1 aliphatic heterocycles. The van der Waals surface area contributed by atoms with E-state index in [2.05, 4.69) is 20.8 Å². The molecule has 140 valence electrons. The van der Waals surface area contributed by atoms with E-state index in [-0.39, 0.29) is 12.0 Å². The summed E-state index contributed by atoms with van der Waals surface area (Å²) in [7, 11) is 1.63. The third-order valence-electron chi connectivity index (χ3n) is 3.86. The van der Waals surface area contributed by atoms with Gasteiger partial charge in [-0.1, -0.05) is 35.2 Å². The summed E-state index contributed by atoms with van der Waals surface area (Å²) in [6.07, 6.45) is 2.47. The van der Waals surface area contributed by atoms with Crippen molar-refractivity contribution in [2.45, 2.75) is 29.8 Å². The van der Waals surface area contributed by atoms with Gasteiger partial charge in [0, 0.05) is 19.7 Å². The van der Waals surface area contributed by atoms with E-state index in [1.54, 1.807) is 7.11 Å². The van der Waals surface area contributed by atoms with Crippen LogP contribution in [0.5, 0.6) is 5.75 Å². The Morgan fingerprint density at radius 1 is 1.46 bits per heavy atom. The zero-order valence-electron chi connectivity index (χ0n) is 14.6. The number of amides is 1. The first-order valence-corrected chi connectivity index (χ1v) is 10.2. The van der Waals surface area contributed by atoms with Crippen LogP contribution >= 0.6 is 23.1 Å². The second kappa shape index (κ2) is 9.75. The lowest BCUT2D eigenvalue weighted by Crippen LogP contribution is -2.24. The topological polar surface area (TPSA) is 85.4 Å². The summed E-state index contributed by atoms with van der Waals surface area (Å²) in [4.78, 5) is 12.0. The van der Waals surface area contributed by atoms with E-state index in [0.29, 0.717) is 12.3 Å². The summed E-state index contributed by atoms with van der Waals surface area (Å²) in [6, 6.07) is 7.64. The van der Waals surface area contributed by atoms with Gasteiger partial charge in [-0.25, -0.2) is 0 Å². The first kappa shape index (κ1) is 18.9. The maximum Gasteiger partial charge on any atom is 0.230 e. The molecular weight excluding hydrogens is 372 g/mol. The van der Waals surface area contributed by atoms with Crippen molar-refractivity contribution >= 4 is 34.1 Å². The third kappa shape index (κ3) is 5.86. The van der Waals surface area contributed by atoms with Crippen LogP contribution in [0.2, 0.25) is 0 Å². The average molecular weight is 395 g/mol. The van der Waals surface area contributed by atoms with E-state index in [9.17, 15) is 4.79 Å². The molecule has 26 heavy (non-hydrogen) atoms. The molecule has 1 unspecified atom stereocenters. The highest BCUT2D eigenvalue weighted by Crippen LogP contribution is 2.25. The van der Waals surface area contributed by atoms with Crippen LogP contribution in [-0.4, -0.2) is 48.2 Å². The normalized spacial score (nSPS) is 16.4. The van der Waals surface area contributed by atoms with Crippen LogP contribution in [0.4, 0.5) is 5.13 Å². The Morgan fingerprint density at radius 2 is 2.38 bits per heavy atom. The van der Waals surface area contributed by atoms with Crippen molar-refractivity contribution < 1.29 is 14.3 Å². The van der Waals surface area contributed by atoms with E-state index >= 15 is 0 Å². The number of rotatable bonds is 9. The minimum absolute atomic E-state index is 0.0399. The summed E-state index contributed by atoms with van der Waals surface area (Å²) >= 11 is 2.84. The fourth-order valence-corrected chi connectivity index (χ4v) is 4.10. The van der Waals surface area contributed by atoms with Crippen LogP contribution in [0.1, 0.15) is 18.4 Å². The van der Waals surface area contributed by atoms with E-state index in [1.807, 2.05) is 24.3 Å². The second-order valence-electron chi connectivity index (χ2n) is 5.81. The summed E-state index contributed by atoms with van der Waals surface area (Å²) < 4.78 is 11.5. The third-order valence-corrected chi connectivity index (χ3v) is 5.88. The molecule has 2 aromatic rings. The maximum absolute atomic E-state index is 12.0. The molecule has 1 amide bonds. The van der Waals surface area contributed by atoms with Crippen LogP contribution in [-0.2, 0) is 16.1 Å². The minimum Gasteiger partial charge on any atom is -0.497 e. The summed E-state index contributed by atoms with van der Waals surface area (Å²) in [5.41, 5.74) is 0.999. The van der Waals surface area contributed by atoms with Gasteiger partial charge in [0.1, 0.15) is 5.75 Å². The Labute approximate surface area is 160 Å². The Kier molecular flexibility index (Phi) is 7.10. The van der Waals surface area contributed by atoms with Crippen LogP contribution in [0, 0.1) is 0 Å². The highest BCUT2D eigenvalue weighted by molar-refractivity contribution is 8.01. The molecule has 0 spiro atoms. The van der Waals surface area contributed by atoms with Crippen molar-refractivity contribution in [3.8, 4) is 5.75 Å². The average Bonchev–Trinajstić information content (AvgIpc) is 3.35.